The van der Waals surface area contributed by atoms with Crippen molar-refractivity contribution in [2.75, 3.05) is 17.2 Å². The second-order valence-corrected chi connectivity index (χ2v) is 1.65. The zero-order valence-corrected chi connectivity index (χ0v) is 6.28. The average Bonchev–Trinajstić information content (AvgIpc) is 1.80. The molecule has 72 valence electrons. The van der Waals surface area contributed by atoms with Gasteiger partial charge in [0.15, 0.2) is 0 Å². The normalized spacial score (nSPS) is 8.31. The third-order valence-corrected chi connectivity index (χ3v) is 0.687. The van der Waals surface area contributed by atoms with Gasteiger partial charge in [0.2, 0.25) is 17.8 Å². The van der Waals surface area contributed by atoms with Gasteiger partial charge < -0.3 is 22.4 Å². The highest BCUT2D eigenvalue weighted by atomic mass is 16.9. The lowest BCUT2D eigenvalue weighted by atomic mass is 10.9. The molecule has 0 spiro atoms. The number of nitrogens with two attached hydrogens (primary N) is 3. The lowest BCUT2D eigenvalue weighted by Gasteiger charge is -1.93. The van der Waals surface area contributed by atoms with E-state index in [0.717, 1.165) is 0 Å². The Morgan fingerprint density at radius 2 is 1.23 bits per heavy atom. The Kier molecular flexibility index (Phi) is 3.66. The summed E-state index contributed by atoms with van der Waals surface area (Å²) in [5.41, 5.74) is 15.4. The van der Waals surface area contributed by atoms with Crippen LogP contribution < -0.4 is 17.2 Å². The van der Waals surface area contributed by atoms with E-state index in [2.05, 4.69) is 15.0 Å². The summed E-state index contributed by atoms with van der Waals surface area (Å²) >= 11 is 0. The molecule has 1 heterocycles. The maximum atomic E-state index is 8.36. The Morgan fingerprint density at radius 1 is 1.08 bits per heavy atom. The van der Waals surface area contributed by atoms with Gasteiger partial charge in [0.05, 0.1) is 0 Å². The van der Waals surface area contributed by atoms with Crippen LogP contribution in [-0.2, 0) is 0 Å². The summed E-state index contributed by atoms with van der Waals surface area (Å²) < 4.78 is 0. The predicted molar refractivity (Wildman–Crippen MR) is 41.8 cm³/mol. The van der Waals surface area contributed by atoms with E-state index in [4.69, 9.17) is 32.5 Å². The first-order chi connectivity index (χ1) is 5.91. The molecule has 0 aliphatic heterocycles. The molecule has 0 fully saturated rings. The summed E-state index contributed by atoms with van der Waals surface area (Å²) in [5, 5.41) is 13.6. The molecule has 10 heteroatoms. The highest BCUT2D eigenvalue weighted by Gasteiger charge is 1.93. The Hall–Kier alpha value is -2.39. The molecule has 0 aliphatic rings. The van der Waals surface area contributed by atoms with E-state index in [0.29, 0.717) is 0 Å². The molecule has 1 rings (SSSR count). The summed E-state index contributed by atoms with van der Waals surface area (Å²) in [6.07, 6.45) is 0. The van der Waals surface area contributed by atoms with Gasteiger partial charge in [0, 0.05) is 0 Å². The van der Waals surface area contributed by atoms with E-state index < -0.39 is 5.09 Å². The molecule has 0 bridgehead atoms. The minimum Gasteiger partial charge on any atom is -0.368 e. The Morgan fingerprint density at radius 3 is 1.38 bits per heavy atom. The number of hydrogen-bond donors (Lipinski definition) is 4. The van der Waals surface area contributed by atoms with Crippen molar-refractivity contribution in [1.29, 1.82) is 0 Å². The highest BCUT2D eigenvalue weighted by molar-refractivity contribution is 5.33. The van der Waals surface area contributed by atoms with Crippen molar-refractivity contribution in [3.8, 4) is 0 Å². The van der Waals surface area contributed by atoms with Crippen molar-refractivity contribution in [3.63, 3.8) is 0 Å². The second-order valence-electron chi connectivity index (χ2n) is 1.65. The number of nitrogens with zero attached hydrogens (tertiary/aromatic N) is 4. The van der Waals surface area contributed by atoms with Crippen LogP contribution in [0, 0.1) is 10.1 Å². The third kappa shape index (κ3) is 6.03. The van der Waals surface area contributed by atoms with Gasteiger partial charge in [0.1, 0.15) is 0 Å². The van der Waals surface area contributed by atoms with E-state index in [1.165, 1.54) is 0 Å². The first kappa shape index (κ1) is 10.6. The molecule has 0 amide bonds. The monoisotopic (exact) mass is 189 g/mol. The number of rotatable bonds is 0. The number of hydrogen-bond acceptors (Lipinski definition) is 8. The van der Waals surface area contributed by atoms with Crippen LogP contribution >= 0.6 is 0 Å². The van der Waals surface area contributed by atoms with Crippen LogP contribution in [0.15, 0.2) is 0 Å². The van der Waals surface area contributed by atoms with Crippen LogP contribution in [0.3, 0.4) is 0 Å². The van der Waals surface area contributed by atoms with Crippen molar-refractivity contribution in [3.05, 3.63) is 10.1 Å². The van der Waals surface area contributed by atoms with Crippen LogP contribution in [0.2, 0.25) is 0 Å². The van der Waals surface area contributed by atoms with Crippen LogP contribution in [0.4, 0.5) is 17.8 Å². The minimum absolute atomic E-state index is 0.0417. The summed E-state index contributed by atoms with van der Waals surface area (Å²) in [4.78, 5) is 18.8. The lowest BCUT2D eigenvalue weighted by molar-refractivity contribution is -0.742. The fourth-order valence-electron chi connectivity index (χ4n) is 0.427. The van der Waals surface area contributed by atoms with Crippen LogP contribution in [0.5, 0.6) is 0 Å². The lowest BCUT2D eigenvalue weighted by Crippen LogP contribution is -2.05. The van der Waals surface area contributed by atoms with Crippen LogP contribution in [0.25, 0.3) is 0 Å². The molecule has 0 aromatic carbocycles. The quantitative estimate of drug-likeness (QED) is 0.272. The van der Waals surface area contributed by atoms with Gasteiger partial charge in [-0.25, -0.2) is 0 Å². The molecule has 7 N–H and O–H groups in total. The minimum atomic E-state index is -1.50. The predicted octanol–water partition coefficient (Wildman–Crippen LogP) is -1.73. The largest absolute Gasteiger partial charge is 0.368 e. The molecule has 1 aromatic heterocycles. The zero-order chi connectivity index (χ0) is 10.4. The van der Waals surface area contributed by atoms with Crippen molar-refractivity contribution in [2.24, 2.45) is 0 Å². The van der Waals surface area contributed by atoms with Gasteiger partial charge >= 0.3 is 0 Å². The Bertz CT molecular complexity index is 247. The Labute approximate surface area is 71.5 Å². The summed E-state index contributed by atoms with van der Waals surface area (Å²) in [7, 11) is 0. The maximum Gasteiger partial charge on any atom is 0.291 e. The molecule has 0 radical (unpaired) electrons. The molecule has 1 aromatic rings. The Balaban J connectivity index is 0.000000310. The maximum absolute atomic E-state index is 8.36. The number of nitrogen functional groups attached to an aromatic ring is 3. The molecular weight excluding hydrogens is 182 g/mol. The van der Waals surface area contributed by atoms with E-state index in [9.17, 15) is 0 Å². The highest BCUT2D eigenvalue weighted by Crippen LogP contribution is 1.97. The van der Waals surface area contributed by atoms with E-state index in [1.807, 2.05) is 0 Å². The SMILES string of the molecule is Nc1nc(N)nc(N)n1.O=[N+]([O-])O. The van der Waals surface area contributed by atoms with Crippen molar-refractivity contribution in [2.45, 2.75) is 0 Å². The van der Waals surface area contributed by atoms with Gasteiger partial charge in [-0.1, -0.05) is 0 Å². The zero-order valence-electron chi connectivity index (χ0n) is 6.28. The van der Waals surface area contributed by atoms with Crippen LogP contribution in [0.1, 0.15) is 0 Å². The fraction of sp³-hybridized carbons (Fsp3) is 0. The van der Waals surface area contributed by atoms with E-state index in [1.54, 1.807) is 0 Å². The van der Waals surface area contributed by atoms with Gasteiger partial charge in [-0.3, -0.25) is 0 Å². The first-order valence-electron chi connectivity index (χ1n) is 2.77. The summed E-state index contributed by atoms with van der Waals surface area (Å²) in [6, 6.07) is 0. The van der Waals surface area contributed by atoms with Crippen molar-refractivity contribution < 1.29 is 10.3 Å². The molecular formula is C3H7N7O3. The third-order valence-electron chi connectivity index (χ3n) is 0.687. The van der Waals surface area contributed by atoms with Crippen molar-refractivity contribution >= 4 is 17.8 Å². The molecule has 0 unspecified atom stereocenters. The molecule has 0 saturated heterocycles. The summed E-state index contributed by atoms with van der Waals surface area (Å²) in [6.45, 7) is 0. The van der Waals surface area contributed by atoms with Crippen LogP contribution in [-0.4, -0.2) is 25.2 Å². The van der Waals surface area contributed by atoms with Gasteiger partial charge in [-0.15, -0.1) is 10.1 Å². The van der Waals surface area contributed by atoms with Gasteiger partial charge in [-0.05, 0) is 0 Å². The van der Waals surface area contributed by atoms with Gasteiger partial charge in [0.25, 0.3) is 5.09 Å². The molecule has 10 nitrogen and oxygen atoms in total. The van der Waals surface area contributed by atoms with E-state index >= 15 is 0 Å². The topological polar surface area (TPSA) is 180 Å². The standard InChI is InChI=1S/C3H6N6.HNO3/c4-1-7-2(5)9-3(6)8-1;2-1(3)4/h(H6,4,5,6,7,8,9);(H,2,3,4). The molecule has 0 saturated carbocycles. The molecule has 0 atom stereocenters. The van der Waals surface area contributed by atoms with E-state index in [-0.39, 0.29) is 17.8 Å². The number of aromatic nitrogens is 3. The average molecular weight is 189 g/mol. The van der Waals surface area contributed by atoms with Gasteiger partial charge in [-0.2, -0.15) is 15.0 Å². The number of anilines is 3. The van der Waals surface area contributed by atoms with Crippen molar-refractivity contribution in [1.82, 2.24) is 15.0 Å². The fourth-order valence-corrected chi connectivity index (χ4v) is 0.427. The molecule has 13 heavy (non-hydrogen) atoms. The first-order valence-corrected chi connectivity index (χ1v) is 2.77. The molecule has 0 aliphatic carbocycles. The smallest absolute Gasteiger partial charge is 0.291 e. The summed E-state index contributed by atoms with van der Waals surface area (Å²) in [5.74, 6) is 0.125. The second kappa shape index (κ2) is 4.48.